The van der Waals surface area contributed by atoms with Crippen LogP contribution in [0.3, 0.4) is 0 Å². The van der Waals surface area contributed by atoms with Gasteiger partial charge in [-0.1, -0.05) is 29.8 Å². The largest absolute Gasteiger partial charge is 0.339 e. The number of halogens is 1. The number of carbonyl (C=O) groups is 1. The van der Waals surface area contributed by atoms with Crippen LogP contribution in [0.2, 0.25) is 5.02 Å². The van der Waals surface area contributed by atoms with Gasteiger partial charge in [-0.3, -0.25) is 18.7 Å². The van der Waals surface area contributed by atoms with Gasteiger partial charge >= 0.3 is 5.69 Å². The predicted molar refractivity (Wildman–Crippen MR) is 114 cm³/mol. The number of nitrogens with zero attached hydrogens (tertiary/aromatic N) is 4. The van der Waals surface area contributed by atoms with E-state index in [1.807, 2.05) is 13.8 Å². The van der Waals surface area contributed by atoms with Crippen LogP contribution in [-0.4, -0.2) is 38.0 Å². The lowest BCUT2D eigenvalue weighted by atomic mass is 10.1. The van der Waals surface area contributed by atoms with Gasteiger partial charge in [-0.05, 0) is 38.5 Å². The fourth-order valence-electron chi connectivity index (χ4n) is 3.39. The molecule has 2 heterocycles. The van der Waals surface area contributed by atoms with E-state index in [-0.39, 0.29) is 29.0 Å². The molecule has 0 spiro atoms. The van der Waals surface area contributed by atoms with Crippen molar-refractivity contribution in [2.45, 2.75) is 27.3 Å². The van der Waals surface area contributed by atoms with Crippen LogP contribution < -0.4 is 11.2 Å². The molecule has 152 valence electrons. The fraction of sp³-hybridized carbons (Fsp3) is 0.333. The minimum absolute atomic E-state index is 0.00783. The monoisotopic (exact) mass is 414 g/mol. The second kappa shape index (κ2) is 8.21. The molecular formula is C21H23ClN4O3. The summed E-state index contributed by atoms with van der Waals surface area (Å²) in [6.45, 7) is 6.52. The maximum atomic E-state index is 13.3. The van der Waals surface area contributed by atoms with E-state index >= 15 is 0 Å². The Kier molecular flexibility index (Phi) is 5.88. The van der Waals surface area contributed by atoms with Gasteiger partial charge in [0.1, 0.15) is 5.65 Å². The van der Waals surface area contributed by atoms with Gasteiger partial charge in [0.25, 0.3) is 11.5 Å². The Bertz CT molecular complexity index is 1210. The van der Waals surface area contributed by atoms with Gasteiger partial charge in [-0.2, -0.15) is 0 Å². The molecule has 0 unspecified atom stereocenters. The summed E-state index contributed by atoms with van der Waals surface area (Å²) in [6, 6.07) is 8.63. The van der Waals surface area contributed by atoms with Crippen molar-refractivity contribution in [3.8, 4) is 0 Å². The topological polar surface area (TPSA) is 77.2 Å². The third-order valence-electron chi connectivity index (χ3n) is 4.99. The summed E-state index contributed by atoms with van der Waals surface area (Å²) >= 11 is 6.22. The van der Waals surface area contributed by atoms with E-state index in [1.165, 1.54) is 4.57 Å². The zero-order valence-electron chi connectivity index (χ0n) is 16.9. The minimum Gasteiger partial charge on any atom is -0.339 e. The molecule has 0 aliphatic carbocycles. The molecule has 0 bridgehead atoms. The van der Waals surface area contributed by atoms with Gasteiger partial charge in [0.05, 0.1) is 17.5 Å². The molecule has 3 aromatic rings. The number of amides is 1. The molecular weight excluding hydrogens is 392 g/mol. The molecule has 0 saturated heterocycles. The normalized spacial score (nSPS) is 11.1. The van der Waals surface area contributed by atoms with Crippen molar-refractivity contribution in [1.82, 2.24) is 19.0 Å². The molecule has 3 rings (SSSR count). The molecule has 1 aromatic carbocycles. The van der Waals surface area contributed by atoms with Gasteiger partial charge in [0.15, 0.2) is 0 Å². The molecule has 29 heavy (non-hydrogen) atoms. The predicted octanol–water partition coefficient (Wildman–Crippen LogP) is 2.59. The Morgan fingerprint density at radius 3 is 2.45 bits per heavy atom. The number of aryl methyl sites for hydroxylation is 2. The summed E-state index contributed by atoms with van der Waals surface area (Å²) in [5.41, 5.74) is 0.596. The number of fused-ring (bicyclic) bond motifs is 1. The van der Waals surface area contributed by atoms with Crippen LogP contribution in [0.1, 0.15) is 35.5 Å². The highest BCUT2D eigenvalue weighted by molar-refractivity contribution is 6.31. The van der Waals surface area contributed by atoms with E-state index in [2.05, 4.69) is 4.98 Å². The molecule has 1 amide bonds. The Morgan fingerprint density at radius 2 is 1.83 bits per heavy atom. The second-order valence-electron chi connectivity index (χ2n) is 6.81. The minimum atomic E-state index is -0.550. The molecule has 0 N–H and O–H groups in total. The van der Waals surface area contributed by atoms with Gasteiger partial charge in [-0.15, -0.1) is 0 Å². The first kappa shape index (κ1) is 20.8. The van der Waals surface area contributed by atoms with E-state index < -0.39 is 11.2 Å². The average Bonchev–Trinajstić information content (AvgIpc) is 2.71. The Balaban J connectivity index is 2.34. The summed E-state index contributed by atoms with van der Waals surface area (Å²) in [7, 11) is 1.55. The summed E-state index contributed by atoms with van der Waals surface area (Å²) in [5.74, 6) is -0.259. The second-order valence-corrected chi connectivity index (χ2v) is 7.22. The molecule has 8 heteroatoms. The molecule has 0 fully saturated rings. The molecule has 7 nitrogen and oxygen atoms in total. The standard InChI is InChI=1S/C21H23ClN4O3/c1-5-25(6-2)19(27)15-11-13(3)23-18-17(15)20(28)26(21(29)24(18)4)12-14-9-7-8-10-16(14)22/h7-11H,5-6,12H2,1-4H3. The number of hydrogen-bond donors (Lipinski definition) is 0. The van der Waals surface area contributed by atoms with Crippen molar-refractivity contribution in [2.75, 3.05) is 13.1 Å². The summed E-state index contributed by atoms with van der Waals surface area (Å²) < 4.78 is 2.40. The zero-order chi connectivity index (χ0) is 21.3. The van der Waals surface area contributed by atoms with Crippen LogP contribution in [0.5, 0.6) is 0 Å². The lowest BCUT2D eigenvalue weighted by molar-refractivity contribution is 0.0774. The van der Waals surface area contributed by atoms with E-state index in [9.17, 15) is 14.4 Å². The highest BCUT2D eigenvalue weighted by atomic mass is 35.5. The Morgan fingerprint density at radius 1 is 1.17 bits per heavy atom. The fourth-order valence-corrected chi connectivity index (χ4v) is 3.59. The van der Waals surface area contributed by atoms with Gasteiger partial charge in [-0.25, -0.2) is 9.78 Å². The van der Waals surface area contributed by atoms with E-state index in [0.29, 0.717) is 29.4 Å². The zero-order valence-corrected chi connectivity index (χ0v) is 17.7. The van der Waals surface area contributed by atoms with Gasteiger partial charge in [0, 0.05) is 30.9 Å². The van der Waals surface area contributed by atoms with E-state index in [4.69, 9.17) is 11.6 Å². The number of rotatable bonds is 5. The summed E-state index contributed by atoms with van der Waals surface area (Å²) in [6.07, 6.45) is 0. The number of benzene rings is 1. The van der Waals surface area contributed by atoms with Crippen LogP contribution in [0.15, 0.2) is 39.9 Å². The average molecular weight is 415 g/mol. The van der Waals surface area contributed by atoms with Crippen LogP contribution >= 0.6 is 11.6 Å². The highest BCUT2D eigenvalue weighted by Crippen LogP contribution is 2.18. The third kappa shape index (κ3) is 3.70. The lowest BCUT2D eigenvalue weighted by Crippen LogP contribution is -2.41. The van der Waals surface area contributed by atoms with Gasteiger partial charge < -0.3 is 4.90 Å². The molecule has 0 radical (unpaired) electrons. The van der Waals surface area contributed by atoms with Crippen molar-refractivity contribution in [2.24, 2.45) is 7.05 Å². The first-order valence-corrected chi connectivity index (χ1v) is 9.81. The van der Waals surface area contributed by atoms with Crippen molar-refractivity contribution in [3.63, 3.8) is 0 Å². The molecule has 0 aliphatic heterocycles. The third-order valence-corrected chi connectivity index (χ3v) is 5.36. The van der Waals surface area contributed by atoms with Crippen molar-refractivity contribution < 1.29 is 4.79 Å². The molecule has 0 aliphatic rings. The first-order chi connectivity index (χ1) is 13.8. The van der Waals surface area contributed by atoms with Crippen molar-refractivity contribution >= 4 is 28.5 Å². The maximum Gasteiger partial charge on any atom is 0.332 e. The van der Waals surface area contributed by atoms with Gasteiger partial charge in [0.2, 0.25) is 0 Å². The van der Waals surface area contributed by atoms with Crippen molar-refractivity contribution in [1.29, 1.82) is 0 Å². The Hall–Kier alpha value is -2.93. The smallest absolute Gasteiger partial charge is 0.332 e. The maximum absolute atomic E-state index is 13.3. The SMILES string of the molecule is CCN(CC)C(=O)c1cc(C)nc2c1c(=O)n(Cc1ccccc1Cl)c(=O)n2C. The van der Waals surface area contributed by atoms with Crippen LogP contribution in [0.25, 0.3) is 11.0 Å². The highest BCUT2D eigenvalue weighted by Gasteiger charge is 2.23. The lowest BCUT2D eigenvalue weighted by Gasteiger charge is -2.20. The number of aromatic nitrogens is 3. The number of carbonyl (C=O) groups excluding carboxylic acids is 1. The summed E-state index contributed by atoms with van der Waals surface area (Å²) in [4.78, 5) is 45.3. The number of hydrogen-bond acceptors (Lipinski definition) is 4. The number of pyridine rings is 1. The van der Waals surface area contributed by atoms with E-state index in [0.717, 1.165) is 4.57 Å². The molecule has 2 aromatic heterocycles. The molecule has 0 atom stereocenters. The first-order valence-electron chi connectivity index (χ1n) is 9.43. The molecule has 0 saturated carbocycles. The quantitative estimate of drug-likeness (QED) is 0.643. The van der Waals surface area contributed by atoms with Crippen LogP contribution in [0.4, 0.5) is 0 Å². The van der Waals surface area contributed by atoms with E-state index in [1.54, 1.807) is 49.2 Å². The summed E-state index contributed by atoms with van der Waals surface area (Å²) in [5, 5.41) is 0.602. The van der Waals surface area contributed by atoms with Crippen LogP contribution in [0, 0.1) is 6.92 Å². The van der Waals surface area contributed by atoms with Crippen LogP contribution in [-0.2, 0) is 13.6 Å². The Labute approximate surface area is 173 Å². The van der Waals surface area contributed by atoms with Crippen molar-refractivity contribution in [3.05, 3.63) is 73.0 Å².